The van der Waals surface area contributed by atoms with E-state index >= 15 is 0 Å². The van der Waals surface area contributed by atoms with Crippen LogP contribution in [-0.4, -0.2) is 55.0 Å². The molecule has 0 radical (unpaired) electrons. The van der Waals surface area contributed by atoms with Gasteiger partial charge in [0.1, 0.15) is 5.75 Å². The monoisotopic (exact) mass is 418 g/mol. The standard InChI is InChI=1S/C22H27ClN2O2S/c1-3-24-11-13-25(14-12-24)22(26)17-5-10-21(27-4-2)18(15-17)16-28-20-8-6-19(23)7-9-20/h5-10,15H,3-4,11-14,16H2,1-2H3. The Morgan fingerprint density at radius 1 is 1.07 bits per heavy atom. The summed E-state index contributed by atoms with van der Waals surface area (Å²) in [4.78, 5) is 18.4. The molecular formula is C22H27ClN2O2S. The average molecular weight is 419 g/mol. The fraction of sp³-hybridized carbons (Fsp3) is 0.409. The van der Waals surface area contributed by atoms with Crippen molar-refractivity contribution >= 4 is 29.3 Å². The number of rotatable bonds is 7. The van der Waals surface area contributed by atoms with Crippen molar-refractivity contribution in [1.82, 2.24) is 9.80 Å². The largest absolute Gasteiger partial charge is 0.494 e. The van der Waals surface area contributed by atoms with Crippen molar-refractivity contribution in [3.63, 3.8) is 0 Å². The average Bonchev–Trinajstić information content (AvgIpc) is 2.74. The minimum Gasteiger partial charge on any atom is -0.494 e. The molecule has 0 spiro atoms. The van der Waals surface area contributed by atoms with Gasteiger partial charge in [-0.2, -0.15) is 0 Å². The molecule has 3 rings (SSSR count). The summed E-state index contributed by atoms with van der Waals surface area (Å²) in [6.45, 7) is 9.24. The van der Waals surface area contributed by atoms with Crippen molar-refractivity contribution in [3.8, 4) is 5.75 Å². The molecule has 0 bridgehead atoms. The molecule has 2 aromatic carbocycles. The van der Waals surface area contributed by atoms with Gasteiger partial charge in [-0.05, 0) is 55.9 Å². The lowest BCUT2D eigenvalue weighted by molar-refractivity contribution is 0.0643. The third-order valence-electron chi connectivity index (χ3n) is 4.92. The van der Waals surface area contributed by atoms with E-state index in [9.17, 15) is 4.79 Å². The molecule has 2 aromatic rings. The molecule has 6 heteroatoms. The second-order valence-corrected chi connectivity index (χ2v) is 8.21. The quantitative estimate of drug-likeness (QED) is 0.604. The van der Waals surface area contributed by atoms with Gasteiger partial charge in [-0.25, -0.2) is 0 Å². The van der Waals surface area contributed by atoms with Gasteiger partial charge in [-0.3, -0.25) is 4.79 Å². The lowest BCUT2D eigenvalue weighted by Crippen LogP contribution is -2.48. The highest BCUT2D eigenvalue weighted by Gasteiger charge is 2.22. The number of piperazine rings is 1. The van der Waals surface area contributed by atoms with Gasteiger partial charge in [0, 0.05) is 53.0 Å². The van der Waals surface area contributed by atoms with E-state index in [1.54, 1.807) is 11.8 Å². The highest BCUT2D eigenvalue weighted by molar-refractivity contribution is 7.98. The van der Waals surface area contributed by atoms with Crippen LogP contribution < -0.4 is 4.74 Å². The predicted octanol–water partition coefficient (Wildman–Crippen LogP) is 4.81. The number of amides is 1. The molecule has 0 N–H and O–H groups in total. The molecule has 0 aromatic heterocycles. The number of carbonyl (C=O) groups excluding carboxylic acids is 1. The van der Waals surface area contributed by atoms with E-state index in [1.165, 1.54) is 0 Å². The van der Waals surface area contributed by atoms with Crippen LogP contribution in [0.2, 0.25) is 5.02 Å². The normalized spacial score (nSPS) is 14.9. The summed E-state index contributed by atoms with van der Waals surface area (Å²) < 4.78 is 5.79. The Kier molecular flexibility index (Phi) is 7.65. The van der Waals surface area contributed by atoms with Gasteiger partial charge in [0.05, 0.1) is 6.61 Å². The van der Waals surface area contributed by atoms with Crippen LogP contribution in [0.1, 0.15) is 29.8 Å². The molecule has 0 atom stereocenters. The number of thioether (sulfide) groups is 1. The Morgan fingerprint density at radius 3 is 2.43 bits per heavy atom. The lowest BCUT2D eigenvalue weighted by atomic mass is 10.1. The fourth-order valence-corrected chi connectivity index (χ4v) is 4.27. The third-order valence-corrected chi connectivity index (χ3v) is 6.23. The van der Waals surface area contributed by atoms with Crippen LogP contribution >= 0.6 is 23.4 Å². The molecule has 1 fully saturated rings. The zero-order valence-corrected chi connectivity index (χ0v) is 18.1. The van der Waals surface area contributed by atoms with E-state index in [0.717, 1.165) is 65.3 Å². The Hall–Kier alpha value is -1.69. The number of carbonyl (C=O) groups is 1. The summed E-state index contributed by atoms with van der Waals surface area (Å²) >= 11 is 7.68. The van der Waals surface area contributed by atoms with Gasteiger partial charge in [0.2, 0.25) is 0 Å². The van der Waals surface area contributed by atoms with Crippen LogP contribution in [0.5, 0.6) is 5.75 Å². The van der Waals surface area contributed by atoms with E-state index < -0.39 is 0 Å². The van der Waals surface area contributed by atoms with Crippen LogP contribution in [-0.2, 0) is 5.75 Å². The fourth-order valence-electron chi connectivity index (χ4n) is 3.26. The first kappa shape index (κ1) is 21.0. The number of hydrogen-bond donors (Lipinski definition) is 0. The molecule has 1 aliphatic heterocycles. The molecule has 0 saturated carbocycles. The van der Waals surface area contributed by atoms with E-state index in [0.29, 0.717) is 6.61 Å². The van der Waals surface area contributed by atoms with Crippen molar-refractivity contribution < 1.29 is 9.53 Å². The van der Waals surface area contributed by atoms with Crippen molar-refractivity contribution in [3.05, 3.63) is 58.6 Å². The lowest BCUT2D eigenvalue weighted by Gasteiger charge is -2.34. The number of benzene rings is 2. The zero-order chi connectivity index (χ0) is 19.9. The SMILES string of the molecule is CCOc1ccc(C(=O)N2CCN(CC)CC2)cc1CSc1ccc(Cl)cc1. The number of halogens is 1. The van der Waals surface area contributed by atoms with E-state index in [2.05, 4.69) is 11.8 Å². The topological polar surface area (TPSA) is 32.8 Å². The molecule has 150 valence electrons. The van der Waals surface area contributed by atoms with Gasteiger partial charge >= 0.3 is 0 Å². The van der Waals surface area contributed by atoms with Crippen molar-refractivity contribution in [2.45, 2.75) is 24.5 Å². The molecule has 1 heterocycles. The highest BCUT2D eigenvalue weighted by atomic mass is 35.5. The van der Waals surface area contributed by atoms with Crippen LogP contribution in [0.4, 0.5) is 0 Å². The first-order valence-corrected chi connectivity index (χ1v) is 11.1. The second-order valence-electron chi connectivity index (χ2n) is 6.72. The molecular weight excluding hydrogens is 392 g/mol. The van der Waals surface area contributed by atoms with Crippen LogP contribution in [0.25, 0.3) is 0 Å². The molecule has 1 saturated heterocycles. The summed E-state index contributed by atoms with van der Waals surface area (Å²) in [6, 6.07) is 13.6. The molecule has 4 nitrogen and oxygen atoms in total. The number of ether oxygens (including phenoxy) is 1. The minimum atomic E-state index is 0.108. The van der Waals surface area contributed by atoms with Crippen molar-refractivity contribution in [2.24, 2.45) is 0 Å². The van der Waals surface area contributed by atoms with Crippen LogP contribution in [0, 0.1) is 0 Å². The number of nitrogens with zero attached hydrogens (tertiary/aromatic N) is 2. The minimum absolute atomic E-state index is 0.108. The maximum absolute atomic E-state index is 13.0. The van der Waals surface area contributed by atoms with Crippen molar-refractivity contribution in [1.29, 1.82) is 0 Å². The smallest absolute Gasteiger partial charge is 0.253 e. The maximum Gasteiger partial charge on any atom is 0.253 e. The Morgan fingerprint density at radius 2 is 1.79 bits per heavy atom. The summed E-state index contributed by atoms with van der Waals surface area (Å²) in [6.07, 6.45) is 0. The summed E-state index contributed by atoms with van der Waals surface area (Å²) in [5, 5.41) is 0.732. The van der Waals surface area contributed by atoms with Gasteiger partial charge in [0.15, 0.2) is 0 Å². The van der Waals surface area contributed by atoms with Crippen LogP contribution in [0.15, 0.2) is 47.4 Å². The highest BCUT2D eigenvalue weighted by Crippen LogP contribution is 2.30. The van der Waals surface area contributed by atoms with E-state index in [-0.39, 0.29) is 5.91 Å². The zero-order valence-electron chi connectivity index (χ0n) is 16.5. The molecule has 28 heavy (non-hydrogen) atoms. The Balaban J connectivity index is 1.73. The van der Waals surface area contributed by atoms with Crippen LogP contribution in [0.3, 0.4) is 0 Å². The molecule has 0 unspecified atom stereocenters. The predicted molar refractivity (Wildman–Crippen MR) is 117 cm³/mol. The number of hydrogen-bond acceptors (Lipinski definition) is 4. The molecule has 1 aliphatic rings. The van der Waals surface area contributed by atoms with E-state index in [1.807, 2.05) is 54.3 Å². The first-order valence-electron chi connectivity index (χ1n) is 9.76. The summed E-state index contributed by atoms with van der Waals surface area (Å²) in [5.41, 5.74) is 1.78. The maximum atomic E-state index is 13.0. The number of likely N-dealkylation sites (N-methyl/N-ethyl adjacent to an activating group) is 1. The Labute approximate surface area is 176 Å². The van der Waals surface area contributed by atoms with E-state index in [4.69, 9.17) is 16.3 Å². The molecule has 1 amide bonds. The van der Waals surface area contributed by atoms with Crippen molar-refractivity contribution in [2.75, 3.05) is 39.3 Å². The second kappa shape index (κ2) is 10.2. The van der Waals surface area contributed by atoms with Gasteiger partial charge in [-0.15, -0.1) is 11.8 Å². The molecule has 0 aliphatic carbocycles. The Bertz CT molecular complexity index is 790. The third kappa shape index (κ3) is 5.43. The summed E-state index contributed by atoms with van der Waals surface area (Å²) in [7, 11) is 0. The van der Waals surface area contributed by atoms with Gasteiger partial charge in [-0.1, -0.05) is 18.5 Å². The van der Waals surface area contributed by atoms with Gasteiger partial charge in [0.25, 0.3) is 5.91 Å². The summed E-state index contributed by atoms with van der Waals surface area (Å²) in [5.74, 6) is 1.69. The first-order chi connectivity index (χ1) is 13.6. The van der Waals surface area contributed by atoms with Gasteiger partial charge < -0.3 is 14.5 Å².